The van der Waals surface area contributed by atoms with Gasteiger partial charge in [0.05, 0.1) is 0 Å². The number of halogens is 1. The Hall–Kier alpha value is -0.540. The van der Waals surface area contributed by atoms with Crippen molar-refractivity contribution in [1.29, 1.82) is 0 Å². The van der Waals surface area contributed by atoms with Crippen molar-refractivity contribution in [3.05, 3.63) is 12.7 Å². The third kappa shape index (κ3) is 3.23. The Bertz CT molecular complexity index is 287. The molecule has 1 amide bonds. The first-order chi connectivity index (χ1) is 7.68. The maximum atomic E-state index is 12.0. The number of rotatable bonds is 4. The van der Waals surface area contributed by atoms with Crippen LogP contribution in [0, 0.1) is 11.3 Å². The van der Waals surface area contributed by atoms with Gasteiger partial charge in [0.25, 0.3) is 0 Å². The van der Waals surface area contributed by atoms with Crippen molar-refractivity contribution in [1.82, 2.24) is 10.6 Å². The summed E-state index contributed by atoms with van der Waals surface area (Å²) in [7, 11) is 0. The van der Waals surface area contributed by atoms with Gasteiger partial charge < -0.3 is 10.6 Å². The Morgan fingerprint density at radius 1 is 1.59 bits per heavy atom. The molecule has 0 aromatic heterocycles. The van der Waals surface area contributed by atoms with Crippen LogP contribution in [0.4, 0.5) is 0 Å². The molecule has 1 saturated heterocycles. The van der Waals surface area contributed by atoms with Crippen molar-refractivity contribution in [3.63, 3.8) is 0 Å². The average molecular weight is 259 g/mol. The lowest BCUT2D eigenvalue weighted by Crippen LogP contribution is -2.37. The molecule has 2 rings (SSSR count). The summed E-state index contributed by atoms with van der Waals surface area (Å²) in [4.78, 5) is 12.0. The van der Waals surface area contributed by atoms with Gasteiger partial charge in [-0.3, -0.25) is 4.79 Å². The predicted octanol–water partition coefficient (Wildman–Crippen LogP) is 1.88. The zero-order chi connectivity index (χ0) is 11.6. The predicted molar refractivity (Wildman–Crippen MR) is 72.3 cm³/mol. The standard InChI is InChI=1S/C13H22N2O.ClH/c1-3-4-10(2)15-12(16)11-9-13(11)5-7-14-8-6-13;/h3,10-11,14H,1,4-9H2,2H3,(H,15,16);1H. The van der Waals surface area contributed by atoms with E-state index in [0.29, 0.717) is 5.41 Å². The van der Waals surface area contributed by atoms with Gasteiger partial charge in [-0.25, -0.2) is 0 Å². The lowest BCUT2D eigenvalue weighted by Gasteiger charge is -2.23. The minimum Gasteiger partial charge on any atom is -0.353 e. The summed E-state index contributed by atoms with van der Waals surface area (Å²) in [6.45, 7) is 7.88. The van der Waals surface area contributed by atoms with Gasteiger partial charge in [0.2, 0.25) is 5.91 Å². The van der Waals surface area contributed by atoms with E-state index in [4.69, 9.17) is 0 Å². The Kier molecular flexibility index (Phi) is 5.02. The second kappa shape index (κ2) is 5.87. The average Bonchev–Trinajstić information content (AvgIpc) is 2.93. The molecule has 2 atom stereocenters. The Morgan fingerprint density at radius 2 is 2.24 bits per heavy atom. The van der Waals surface area contributed by atoms with E-state index in [-0.39, 0.29) is 30.3 Å². The topological polar surface area (TPSA) is 41.1 Å². The van der Waals surface area contributed by atoms with E-state index in [0.717, 1.165) is 25.9 Å². The van der Waals surface area contributed by atoms with Crippen LogP contribution in [0.2, 0.25) is 0 Å². The zero-order valence-corrected chi connectivity index (χ0v) is 11.3. The Labute approximate surface area is 110 Å². The van der Waals surface area contributed by atoms with Gasteiger partial charge in [-0.1, -0.05) is 6.08 Å². The summed E-state index contributed by atoms with van der Waals surface area (Å²) in [6.07, 6.45) is 6.15. The second-order valence-corrected chi connectivity index (χ2v) is 5.30. The highest BCUT2D eigenvalue weighted by Crippen LogP contribution is 2.58. The van der Waals surface area contributed by atoms with E-state index >= 15 is 0 Å². The van der Waals surface area contributed by atoms with E-state index < -0.39 is 0 Å². The molecule has 2 N–H and O–H groups in total. The molecule has 1 aliphatic carbocycles. The molecule has 1 saturated carbocycles. The fourth-order valence-electron chi connectivity index (χ4n) is 2.85. The first-order valence-corrected chi connectivity index (χ1v) is 6.30. The summed E-state index contributed by atoms with van der Waals surface area (Å²) in [5, 5.41) is 6.44. The Balaban J connectivity index is 0.00000144. The quantitative estimate of drug-likeness (QED) is 0.756. The number of carbonyl (C=O) groups is 1. The third-order valence-electron chi connectivity index (χ3n) is 4.01. The van der Waals surface area contributed by atoms with Gasteiger partial charge >= 0.3 is 0 Å². The van der Waals surface area contributed by atoms with Gasteiger partial charge in [0.1, 0.15) is 0 Å². The van der Waals surface area contributed by atoms with E-state index in [2.05, 4.69) is 17.2 Å². The van der Waals surface area contributed by atoms with Crippen LogP contribution in [-0.4, -0.2) is 25.0 Å². The monoisotopic (exact) mass is 258 g/mol. The maximum absolute atomic E-state index is 12.0. The normalized spacial score (nSPS) is 26.8. The van der Waals surface area contributed by atoms with E-state index in [9.17, 15) is 4.79 Å². The molecule has 1 heterocycles. The molecule has 1 aliphatic heterocycles. The van der Waals surface area contributed by atoms with Crippen molar-refractivity contribution in [2.24, 2.45) is 11.3 Å². The zero-order valence-electron chi connectivity index (χ0n) is 10.5. The molecule has 3 nitrogen and oxygen atoms in total. The second-order valence-electron chi connectivity index (χ2n) is 5.30. The lowest BCUT2D eigenvalue weighted by atomic mass is 9.91. The van der Waals surface area contributed by atoms with Crippen LogP contribution in [0.25, 0.3) is 0 Å². The number of amides is 1. The molecule has 0 radical (unpaired) electrons. The van der Waals surface area contributed by atoms with Gasteiger partial charge in [-0.05, 0) is 51.1 Å². The van der Waals surface area contributed by atoms with Crippen LogP contribution >= 0.6 is 12.4 Å². The number of piperidine rings is 1. The molecule has 0 aromatic rings. The van der Waals surface area contributed by atoms with Crippen LogP contribution < -0.4 is 10.6 Å². The minimum atomic E-state index is 0. The summed E-state index contributed by atoms with van der Waals surface area (Å²) < 4.78 is 0. The highest BCUT2D eigenvalue weighted by Gasteiger charge is 2.57. The molecule has 2 aliphatic rings. The van der Waals surface area contributed by atoms with Crippen LogP contribution in [0.15, 0.2) is 12.7 Å². The first kappa shape index (κ1) is 14.5. The number of nitrogens with one attached hydrogen (secondary N) is 2. The molecule has 0 aromatic carbocycles. The summed E-state index contributed by atoms with van der Waals surface area (Å²) in [6, 6.07) is 0.226. The molecule has 1 spiro atoms. The number of hydrogen-bond acceptors (Lipinski definition) is 2. The number of hydrogen-bond donors (Lipinski definition) is 2. The molecular formula is C13H23ClN2O. The molecule has 17 heavy (non-hydrogen) atoms. The fraction of sp³-hybridized carbons (Fsp3) is 0.769. The van der Waals surface area contributed by atoms with Gasteiger partial charge in [-0.2, -0.15) is 0 Å². The lowest BCUT2D eigenvalue weighted by molar-refractivity contribution is -0.123. The van der Waals surface area contributed by atoms with Crippen LogP contribution in [-0.2, 0) is 4.79 Å². The van der Waals surface area contributed by atoms with Gasteiger partial charge in [0.15, 0.2) is 0 Å². The van der Waals surface area contributed by atoms with Gasteiger partial charge in [-0.15, -0.1) is 19.0 Å². The largest absolute Gasteiger partial charge is 0.353 e. The highest BCUT2D eigenvalue weighted by molar-refractivity contribution is 5.85. The van der Waals surface area contributed by atoms with Crippen molar-refractivity contribution < 1.29 is 4.79 Å². The van der Waals surface area contributed by atoms with Crippen molar-refractivity contribution in [2.75, 3.05) is 13.1 Å². The SMILES string of the molecule is C=CCC(C)NC(=O)C1CC12CCNCC2.Cl. The molecule has 2 unspecified atom stereocenters. The summed E-state index contributed by atoms with van der Waals surface area (Å²) in [5.74, 6) is 0.540. The van der Waals surface area contributed by atoms with Crippen LogP contribution in [0.1, 0.15) is 32.6 Å². The van der Waals surface area contributed by atoms with Crippen molar-refractivity contribution in [2.45, 2.75) is 38.6 Å². The number of carbonyl (C=O) groups excluding carboxylic acids is 1. The smallest absolute Gasteiger partial charge is 0.223 e. The minimum absolute atomic E-state index is 0. The molecule has 0 bridgehead atoms. The van der Waals surface area contributed by atoms with Crippen LogP contribution in [0.5, 0.6) is 0 Å². The van der Waals surface area contributed by atoms with E-state index in [1.54, 1.807) is 0 Å². The molecular weight excluding hydrogens is 236 g/mol. The highest BCUT2D eigenvalue weighted by atomic mass is 35.5. The third-order valence-corrected chi connectivity index (χ3v) is 4.01. The Morgan fingerprint density at radius 3 is 2.82 bits per heavy atom. The maximum Gasteiger partial charge on any atom is 0.223 e. The van der Waals surface area contributed by atoms with E-state index in [1.807, 2.05) is 13.0 Å². The summed E-state index contributed by atoms with van der Waals surface area (Å²) >= 11 is 0. The van der Waals surface area contributed by atoms with Gasteiger partial charge in [0, 0.05) is 12.0 Å². The summed E-state index contributed by atoms with van der Waals surface area (Å²) in [5.41, 5.74) is 0.350. The van der Waals surface area contributed by atoms with Crippen molar-refractivity contribution >= 4 is 18.3 Å². The molecule has 2 fully saturated rings. The van der Waals surface area contributed by atoms with Crippen molar-refractivity contribution in [3.8, 4) is 0 Å². The molecule has 4 heteroatoms. The van der Waals surface area contributed by atoms with E-state index in [1.165, 1.54) is 12.8 Å². The fourth-order valence-corrected chi connectivity index (χ4v) is 2.85. The first-order valence-electron chi connectivity index (χ1n) is 6.30. The van der Waals surface area contributed by atoms with Crippen LogP contribution in [0.3, 0.4) is 0 Å². The molecule has 98 valence electrons.